The van der Waals surface area contributed by atoms with E-state index >= 15 is 0 Å². The Morgan fingerprint density at radius 3 is 2.62 bits per heavy atom. The number of nitrogens with zero attached hydrogens (tertiary/aromatic N) is 1. The van der Waals surface area contributed by atoms with Crippen LogP contribution < -0.4 is 10.2 Å². The minimum atomic E-state index is -1.04. The van der Waals surface area contributed by atoms with Crippen LogP contribution in [0, 0.1) is 17.7 Å². The molecule has 1 saturated heterocycles. The Balaban J connectivity index is 1.84. The van der Waals surface area contributed by atoms with E-state index in [0.717, 1.165) is 18.8 Å². The molecule has 2 aromatic rings. The summed E-state index contributed by atoms with van der Waals surface area (Å²) in [6.07, 6.45) is 0. The fourth-order valence-corrected chi connectivity index (χ4v) is 2.78. The summed E-state index contributed by atoms with van der Waals surface area (Å²) >= 11 is 0. The molecule has 1 heterocycles. The van der Waals surface area contributed by atoms with Crippen LogP contribution in [0.2, 0.25) is 0 Å². The summed E-state index contributed by atoms with van der Waals surface area (Å²) in [6, 6.07) is 9.78. The molecule has 2 N–H and O–H groups in total. The van der Waals surface area contributed by atoms with E-state index in [1.807, 2.05) is 6.07 Å². The average Bonchev–Trinajstić information content (AvgIpc) is 2.67. The summed E-state index contributed by atoms with van der Waals surface area (Å²) < 4.78 is 19.7. The first-order valence-electron chi connectivity index (χ1n) is 8.28. The molecule has 0 aliphatic carbocycles. The van der Waals surface area contributed by atoms with Gasteiger partial charge in [-0.3, -0.25) is 0 Å². The summed E-state index contributed by atoms with van der Waals surface area (Å²) in [5.41, 5.74) is 2.23. The highest BCUT2D eigenvalue weighted by molar-refractivity contribution is 5.94. The maximum Gasteiger partial charge on any atom is 0.337 e. The van der Waals surface area contributed by atoms with Crippen molar-refractivity contribution in [2.75, 3.05) is 43.6 Å². The van der Waals surface area contributed by atoms with Gasteiger partial charge in [0.2, 0.25) is 0 Å². The number of aromatic carboxylic acids is 1. The van der Waals surface area contributed by atoms with Crippen LogP contribution in [0.5, 0.6) is 0 Å². The standard InChI is InChI=1S/C20H19FN2O3/c1-22-19-7-3-14(12-17(19)20(24)25)2-4-15-5-6-16(13-18(15)21)23-8-10-26-11-9-23/h3,5-7,12-13,22H,8-11H2,1H3,(H,24,25). The Morgan fingerprint density at radius 2 is 1.96 bits per heavy atom. The minimum Gasteiger partial charge on any atom is -0.478 e. The summed E-state index contributed by atoms with van der Waals surface area (Å²) in [5.74, 6) is 4.18. The van der Waals surface area contributed by atoms with Crippen molar-refractivity contribution in [1.82, 2.24) is 0 Å². The molecular formula is C20H19FN2O3. The predicted octanol–water partition coefficient (Wildman–Crippen LogP) is 2.80. The van der Waals surface area contributed by atoms with E-state index in [2.05, 4.69) is 22.1 Å². The van der Waals surface area contributed by atoms with Crippen LogP contribution in [0.1, 0.15) is 21.5 Å². The van der Waals surface area contributed by atoms with Gasteiger partial charge in [-0.25, -0.2) is 9.18 Å². The van der Waals surface area contributed by atoms with Crippen molar-refractivity contribution < 1.29 is 19.0 Å². The van der Waals surface area contributed by atoms with E-state index < -0.39 is 11.8 Å². The van der Waals surface area contributed by atoms with Crippen molar-refractivity contribution in [1.29, 1.82) is 0 Å². The third-order valence-corrected chi connectivity index (χ3v) is 4.19. The lowest BCUT2D eigenvalue weighted by Gasteiger charge is -2.28. The van der Waals surface area contributed by atoms with Crippen LogP contribution in [0.4, 0.5) is 15.8 Å². The predicted molar refractivity (Wildman–Crippen MR) is 98.4 cm³/mol. The molecule has 3 rings (SSSR count). The molecule has 0 saturated carbocycles. The Bertz CT molecular complexity index is 880. The first kappa shape index (κ1) is 17.8. The zero-order valence-corrected chi connectivity index (χ0v) is 14.4. The fraction of sp³-hybridized carbons (Fsp3) is 0.250. The molecule has 5 nitrogen and oxygen atoms in total. The Hall–Kier alpha value is -3.04. The highest BCUT2D eigenvalue weighted by Gasteiger charge is 2.13. The molecule has 26 heavy (non-hydrogen) atoms. The smallest absolute Gasteiger partial charge is 0.337 e. The van der Waals surface area contributed by atoms with Crippen LogP contribution in [-0.4, -0.2) is 44.4 Å². The molecule has 1 aliphatic heterocycles. The number of rotatable bonds is 3. The van der Waals surface area contributed by atoms with Crippen LogP contribution in [0.3, 0.4) is 0 Å². The van der Waals surface area contributed by atoms with Gasteiger partial charge in [0.1, 0.15) is 5.82 Å². The third-order valence-electron chi connectivity index (χ3n) is 4.19. The van der Waals surface area contributed by atoms with Gasteiger partial charge >= 0.3 is 5.97 Å². The topological polar surface area (TPSA) is 61.8 Å². The lowest BCUT2D eigenvalue weighted by atomic mass is 10.1. The molecule has 2 aromatic carbocycles. The second-order valence-electron chi connectivity index (χ2n) is 5.83. The number of hydrogen-bond donors (Lipinski definition) is 2. The number of carbonyl (C=O) groups is 1. The molecular weight excluding hydrogens is 335 g/mol. The van der Waals surface area contributed by atoms with E-state index in [9.17, 15) is 14.3 Å². The van der Waals surface area contributed by atoms with E-state index in [-0.39, 0.29) is 11.1 Å². The number of carboxylic acids is 1. The number of nitrogens with one attached hydrogen (secondary N) is 1. The van der Waals surface area contributed by atoms with E-state index in [1.165, 1.54) is 12.1 Å². The first-order valence-corrected chi connectivity index (χ1v) is 8.28. The van der Waals surface area contributed by atoms with Gasteiger partial charge in [0, 0.05) is 37.1 Å². The lowest BCUT2D eigenvalue weighted by Crippen LogP contribution is -2.36. The zero-order chi connectivity index (χ0) is 18.5. The number of benzene rings is 2. The summed E-state index contributed by atoms with van der Waals surface area (Å²) in [5, 5.41) is 12.1. The molecule has 1 aliphatic rings. The van der Waals surface area contributed by atoms with Crippen molar-refractivity contribution in [3.63, 3.8) is 0 Å². The largest absolute Gasteiger partial charge is 0.478 e. The summed E-state index contributed by atoms with van der Waals surface area (Å²) in [6.45, 7) is 2.75. The van der Waals surface area contributed by atoms with Gasteiger partial charge in [0.05, 0.1) is 24.3 Å². The SMILES string of the molecule is CNc1ccc(C#Cc2ccc(N3CCOCC3)cc2F)cc1C(=O)O. The second-order valence-corrected chi connectivity index (χ2v) is 5.83. The number of morpholine rings is 1. The molecule has 6 heteroatoms. The molecule has 0 spiro atoms. The average molecular weight is 354 g/mol. The number of halogens is 1. The second kappa shape index (κ2) is 7.89. The van der Waals surface area contributed by atoms with Crippen molar-refractivity contribution in [3.05, 3.63) is 58.9 Å². The van der Waals surface area contributed by atoms with Gasteiger partial charge in [-0.2, -0.15) is 0 Å². The highest BCUT2D eigenvalue weighted by atomic mass is 19.1. The summed E-state index contributed by atoms with van der Waals surface area (Å²) in [7, 11) is 1.65. The van der Waals surface area contributed by atoms with Crippen molar-refractivity contribution in [2.45, 2.75) is 0 Å². The van der Waals surface area contributed by atoms with Crippen molar-refractivity contribution in [2.24, 2.45) is 0 Å². The molecule has 134 valence electrons. The van der Waals surface area contributed by atoms with Gasteiger partial charge < -0.3 is 20.1 Å². The quantitative estimate of drug-likeness (QED) is 0.830. The Morgan fingerprint density at radius 1 is 1.19 bits per heavy atom. The number of hydrogen-bond acceptors (Lipinski definition) is 4. The molecule has 0 radical (unpaired) electrons. The minimum absolute atomic E-state index is 0.127. The maximum atomic E-state index is 14.4. The first-order chi connectivity index (χ1) is 12.6. The number of ether oxygens (including phenoxy) is 1. The Kier molecular flexibility index (Phi) is 5.40. The maximum absolute atomic E-state index is 14.4. The third kappa shape index (κ3) is 3.95. The van der Waals surface area contributed by atoms with Crippen LogP contribution >= 0.6 is 0 Å². The number of carboxylic acid groups (broad SMARTS) is 1. The molecule has 1 fully saturated rings. The molecule has 0 aromatic heterocycles. The molecule has 0 bridgehead atoms. The zero-order valence-electron chi connectivity index (χ0n) is 14.4. The lowest BCUT2D eigenvalue weighted by molar-refractivity contribution is 0.0698. The van der Waals surface area contributed by atoms with E-state index in [1.54, 1.807) is 25.2 Å². The van der Waals surface area contributed by atoms with E-state index in [0.29, 0.717) is 24.5 Å². The van der Waals surface area contributed by atoms with Gasteiger partial charge in [-0.15, -0.1) is 0 Å². The molecule has 0 unspecified atom stereocenters. The van der Waals surface area contributed by atoms with E-state index in [4.69, 9.17) is 4.74 Å². The van der Waals surface area contributed by atoms with Crippen LogP contribution in [0.25, 0.3) is 0 Å². The fourth-order valence-electron chi connectivity index (χ4n) is 2.78. The van der Waals surface area contributed by atoms with Crippen molar-refractivity contribution >= 4 is 17.3 Å². The highest BCUT2D eigenvalue weighted by Crippen LogP contribution is 2.20. The summed E-state index contributed by atoms with van der Waals surface area (Å²) in [4.78, 5) is 13.4. The molecule has 0 amide bonds. The normalized spacial score (nSPS) is 13.7. The van der Waals surface area contributed by atoms with Gasteiger partial charge in [0.25, 0.3) is 0 Å². The van der Waals surface area contributed by atoms with Gasteiger partial charge in [-0.1, -0.05) is 11.8 Å². The molecule has 0 atom stereocenters. The van der Waals surface area contributed by atoms with Gasteiger partial charge in [0.15, 0.2) is 0 Å². The van der Waals surface area contributed by atoms with Crippen LogP contribution in [-0.2, 0) is 4.74 Å². The van der Waals surface area contributed by atoms with Gasteiger partial charge in [-0.05, 0) is 36.4 Å². The van der Waals surface area contributed by atoms with Crippen LogP contribution in [0.15, 0.2) is 36.4 Å². The Labute approximate surface area is 151 Å². The monoisotopic (exact) mass is 354 g/mol. The van der Waals surface area contributed by atoms with Crippen molar-refractivity contribution in [3.8, 4) is 11.8 Å². The number of anilines is 2.